The number of benzene rings is 2. The molecule has 178 valence electrons. The molecule has 0 atom stereocenters. The molecule has 1 aromatic heterocycles. The molecule has 1 aliphatic heterocycles. The van der Waals surface area contributed by atoms with Crippen molar-refractivity contribution >= 4 is 33.0 Å². The summed E-state index contributed by atoms with van der Waals surface area (Å²) in [6.07, 6.45) is -3.21. The summed E-state index contributed by atoms with van der Waals surface area (Å²) in [5.74, 6) is -0.327. The number of carbonyl (C=O) groups excluding carboxylic acids is 1. The van der Waals surface area contributed by atoms with E-state index in [2.05, 4.69) is 4.98 Å². The molecule has 1 amide bonds. The molecule has 1 fully saturated rings. The van der Waals surface area contributed by atoms with Gasteiger partial charge in [0.05, 0.1) is 16.0 Å². The van der Waals surface area contributed by atoms with Crippen molar-refractivity contribution < 1.29 is 26.4 Å². The Morgan fingerprint density at radius 2 is 1.62 bits per heavy atom. The van der Waals surface area contributed by atoms with Crippen LogP contribution in [0.1, 0.15) is 15.9 Å². The first-order valence-corrected chi connectivity index (χ1v) is 12.1. The number of anilines is 1. The maximum Gasteiger partial charge on any atom is 0.416 e. The Balaban J connectivity index is 1.42. The van der Waals surface area contributed by atoms with E-state index in [1.807, 2.05) is 0 Å². The zero-order chi connectivity index (χ0) is 24.5. The topological polar surface area (TPSA) is 70.6 Å². The highest BCUT2D eigenvalue weighted by Gasteiger charge is 2.31. The maximum atomic E-state index is 13.0. The van der Waals surface area contributed by atoms with E-state index >= 15 is 0 Å². The molecule has 0 N–H and O–H groups in total. The third-order valence-electron chi connectivity index (χ3n) is 5.49. The highest BCUT2D eigenvalue weighted by Crippen LogP contribution is 2.32. The summed E-state index contributed by atoms with van der Waals surface area (Å²) in [7, 11) is -3.86. The largest absolute Gasteiger partial charge is 0.416 e. The molecule has 6 nitrogen and oxygen atoms in total. The van der Waals surface area contributed by atoms with Gasteiger partial charge in [-0.3, -0.25) is 4.79 Å². The number of aromatic nitrogens is 1. The Labute approximate surface area is 199 Å². The average Bonchev–Trinajstić information content (AvgIpc) is 2.83. The summed E-state index contributed by atoms with van der Waals surface area (Å²) in [6.45, 7) is 1.34. The number of piperazine rings is 1. The second kappa shape index (κ2) is 9.27. The first-order chi connectivity index (χ1) is 16.1. The Hall–Kier alpha value is -3.11. The van der Waals surface area contributed by atoms with E-state index in [4.69, 9.17) is 11.6 Å². The van der Waals surface area contributed by atoms with Gasteiger partial charge < -0.3 is 9.80 Å². The highest BCUT2D eigenvalue weighted by atomic mass is 35.5. The lowest BCUT2D eigenvalue weighted by Crippen LogP contribution is -2.48. The lowest BCUT2D eigenvalue weighted by atomic mass is 10.1. The molecule has 0 saturated carbocycles. The van der Waals surface area contributed by atoms with Gasteiger partial charge in [-0.15, -0.1) is 0 Å². The van der Waals surface area contributed by atoms with Crippen molar-refractivity contribution in [1.82, 2.24) is 9.88 Å². The molecule has 34 heavy (non-hydrogen) atoms. The van der Waals surface area contributed by atoms with Gasteiger partial charge in [0.15, 0.2) is 5.03 Å². The van der Waals surface area contributed by atoms with Gasteiger partial charge in [-0.1, -0.05) is 17.7 Å². The Morgan fingerprint density at radius 3 is 2.21 bits per heavy atom. The molecule has 0 spiro atoms. The Morgan fingerprint density at radius 1 is 0.941 bits per heavy atom. The number of rotatable bonds is 4. The van der Waals surface area contributed by atoms with Gasteiger partial charge in [-0.05, 0) is 54.6 Å². The van der Waals surface area contributed by atoms with E-state index in [0.29, 0.717) is 36.9 Å². The van der Waals surface area contributed by atoms with Crippen LogP contribution in [0.4, 0.5) is 18.9 Å². The fourth-order valence-corrected chi connectivity index (χ4v) is 4.93. The van der Waals surface area contributed by atoms with Crippen LogP contribution in [0.2, 0.25) is 5.02 Å². The fraction of sp³-hybridized carbons (Fsp3) is 0.217. The Bertz CT molecular complexity index is 1290. The Kier molecular flexibility index (Phi) is 6.55. The van der Waals surface area contributed by atoms with Crippen LogP contribution in [-0.4, -0.2) is 50.4 Å². The van der Waals surface area contributed by atoms with Gasteiger partial charge in [0.1, 0.15) is 0 Å². The van der Waals surface area contributed by atoms with Gasteiger partial charge in [0, 0.05) is 43.1 Å². The molecule has 1 aliphatic rings. The minimum absolute atomic E-state index is 0.0363. The first-order valence-electron chi connectivity index (χ1n) is 10.2. The second-order valence-electron chi connectivity index (χ2n) is 7.67. The highest BCUT2D eigenvalue weighted by molar-refractivity contribution is 7.91. The van der Waals surface area contributed by atoms with Gasteiger partial charge in [-0.25, -0.2) is 13.4 Å². The molecule has 3 aromatic rings. The molecule has 0 aliphatic carbocycles. The van der Waals surface area contributed by atoms with E-state index in [-0.39, 0.29) is 21.4 Å². The molecule has 0 radical (unpaired) electrons. The summed E-state index contributed by atoms with van der Waals surface area (Å²) in [4.78, 5) is 20.2. The van der Waals surface area contributed by atoms with Crippen molar-refractivity contribution in [2.75, 3.05) is 31.1 Å². The normalized spacial score (nSPS) is 14.8. The summed E-state index contributed by atoms with van der Waals surface area (Å²) in [5.41, 5.74) is -0.0499. The van der Waals surface area contributed by atoms with Crippen molar-refractivity contribution in [3.05, 3.63) is 83.0 Å². The fourth-order valence-electron chi connectivity index (χ4n) is 3.63. The third kappa shape index (κ3) is 5.02. The van der Waals surface area contributed by atoms with Crippen molar-refractivity contribution in [3.8, 4) is 0 Å². The van der Waals surface area contributed by atoms with Crippen LogP contribution >= 0.6 is 11.6 Å². The molecular formula is C23H19ClF3N3O3S. The summed E-state index contributed by atoms with van der Waals surface area (Å²) in [6, 6.07) is 13.4. The van der Waals surface area contributed by atoms with E-state index in [9.17, 15) is 26.4 Å². The van der Waals surface area contributed by atoms with Crippen molar-refractivity contribution in [2.24, 2.45) is 0 Å². The van der Waals surface area contributed by atoms with E-state index < -0.39 is 21.6 Å². The number of carbonyl (C=O) groups is 1. The molecule has 2 aromatic carbocycles. The molecule has 11 heteroatoms. The number of nitrogens with zero attached hydrogens (tertiary/aromatic N) is 3. The zero-order valence-corrected chi connectivity index (χ0v) is 19.2. The first kappa shape index (κ1) is 24.0. The van der Waals surface area contributed by atoms with Crippen LogP contribution in [0.5, 0.6) is 0 Å². The van der Waals surface area contributed by atoms with Crippen molar-refractivity contribution in [2.45, 2.75) is 16.1 Å². The van der Waals surface area contributed by atoms with Gasteiger partial charge in [-0.2, -0.15) is 13.2 Å². The van der Waals surface area contributed by atoms with Crippen LogP contribution in [0.25, 0.3) is 0 Å². The lowest BCUT2D eigenvalue weighted by molar-refractivity contribution is -0.137. The van der Waals surface area contributed by atoms with E-state index in [0.717, 1.165) is 12.1 Å². The van der Waals surface area contributed by atoms with E-state index in [1.54, 1.807) is 15.9 Å². The van der Waals surface area contributed by atoms with Gasteiger partial charge in [0.25, 0.3) is 5.91 Å². The summed E-state index contributed by atoms with van der Waals surface area (Å²) >= 11 is 5.81. The number of alkyl halides is 3. The quantitative estimate of drug-likeness (QED) is 0.516. The maximum absolute atomic E-state index is 13.0. The summed E-state index contributed by atoms with van der Waals surface area (Å²) < 4.78 is 64.4. The van der Waals surface area contributed by atoms with Crippen molar-refractivity contribution in [1.29, 1.82) is 0 Å². The summed E-state index contributed by atoms with van der Waals surface area (Å²) in [5, 5.41) is 0.210. The van der Waals surface area contributed by atoms with Crippen LogP contribution in [-0.2, 0) is 16.0 Å². The molecule has 4 rings (SSSR count). The lowest BCUT2D eigenvalue weighted by Gasteiger charge is -2.36. The third-order valence-corrected chi connectivity index (χ3v) is 7.42. The molecule has 1 saturated heterocycles. The van der Waals surface area contributed by atoms with Crippen LogP contribution in [0, 0.1) is 0 Å². The van der Waals surface area contributed by atoms with Gasteiger partial charge in [0.2, 0.25) is 9.84 Å². The van der Waals surface area contributed by atoms with Crippen LogP contribution in [0.15, 0.2) is 76.8 Å². The number of amides is 1. The van der Waals surface area contributed by atoms with Crippen molar-refractivity contribution in [3.63, 3.8) is 0 Å². The number of pyridine rings is 1. The minimum Gasteiger partial charge on any atom is -0.368 e. The van der Waals surface area contributed by atoms with Gasteiger partial charge >= 0.3 is 6.18 Å². The predicted molar refractivity (Wildman–Crippen MR) is 121 cm³/mol. The standard InChI is InChI=1S/C23H19ClF3N3O3S/c24-18-5-7-20(8-6-18)34(32,33)21-9-4-16(15-28-21)22(31)30-12-10-29(11-13-30)19-3-1-2-17(14-19)23(25,26)27/h1-9,14-15H,10-13H2. The second-order valence-corrected chi connectivity index (χ2v) is 10.0. The van der Waals surface area contributed by atoms with Crippen LogP contribution < -0.4 is 4.90 Å². The average molecular weight is 510 g/mol. The molecule has 0 bridgehead atoms. The predicted octanol–water partition coefficient (Wildman–Crippen LogP) is 4.55. The number of halogens is 4. The molecular weight excluding hydrogens is 491 g/mol. The van der Waals surface area contributed by atoms with Crippen LogP contribution in [0.3, 0.4) is 0 Å². The van der Waals surface area contributed by atoms with E-state index in [1.165, 1.54) is 48.7 Å². The SMILES string of the molecule is O=C(c1ccc(S(=O)(=O)c2ccc(Cl)cc2)nc1)N1CCN(c2cccc(C(F)(F)F)c2)CC1. The smallest absolute Gasteiger partial charge is 0.368 e. The monoisotopic (exact) mass is 509 g/mol. The minimum atomic E-state index is -4.42. The zero-order valence-electron chi connectivity index (χ0n) is 17.7. The number of sulfone groups is 1. The number of hydrogen-bond donors (Lipinski definition) is 0. The molecule has 0 unspecified atom stereocenters. The molecule has 2 heterocycles. The number of hydrogen-bond acceptors (Lipinski definition) is 5.